The highest BCUT2D eigenvalue weighted by molar-refractivity contribution is 9.10. The van der Waals surface area contributed by atoms with Crippen LogP contribution >= 0.6 is 15.9 Å². The van der Waals surface area contributed by atoms with Crippen LogP contribution in [-0.4, -0.2) is 22.8 Å². The topological polar surface area (TPSA) is 75.6 Å². The Hall–Kier alpha value is -1.70. The molecule has 0 heterocycles. The predicted octanol–water partition coefficient (Wildman–Crippen LogP) is 3.77. The Balaban J connectivity index is 3.18. The van der Waals surface area contributed by atoms with Crippen LogP contribution in [-0.2, 0) is 4.74 Å². The Morgan fingerprint density at radius 2 is 1.90 bits per heavy atom. The van der Waals surface area contributed by atoms with Gasteiger partial charge in [0, 0.05) is 0 Å². The van der Waals surface area contributed by atoms with Crippen LogP contribution in [0.3, 0.4) is 0 Å². The number of ether oxygens (including phenoxy) is 1. The molecule has 0 aliphatic heterocycles. The van der Waals surface area contributed by atoms with Crippen molar-refractivity contribution in [3.8, 4) is 0 Å². The summed E-state index contributed by atoms with van der Waals surface area (Å²) in [4.78, 5) is 22.5. The third kappa shape index (κ3) is 3.89. The second-order valence-electron chi connectivity index (χ2n) is 4.84. The highest BCUT2D eigenvalue weighted by atomic mass is 79.9. The molecular formula is C12H12BrF2NO4. The molecule has 0 atom stereocenters. The molecule has 0 spiro atoms. The Kier molecular flexibility index (Phi) is 4.69. The van der Waals surface area contributed by atoms with Crippen molar-refractivity contribution >= 4 is 33.7 Å². The molecule has 5 nitrogen and oxygen atoms in total. The zero-order chi connectivity index (χ0) is 15.7. The van der Waals surface area contributed by atoms with Crippen LogP contribution in [0.5, 0.6) is 0 Å². The van der Waals surface area contributed by atoms with Crippen molar-refractivity contribution in [1.29, 1.82) is 0 Å². The van der Waals surface area contributed by atoms with Gasteiger partial charge in [0.25, 0.3) is 0 Å². The molecule has 0 fully saturated rings. The van der Waals surface area contributed by atoms with Gasteiger partial charge in [-0.15, -0.1) is 0 Å². The van der Waals surface area contributed by atoms with Crippen LogP contribution in [0.1, 0.15) is 31.1 Å². The second kappa shape index (κ2) is 5.74. The first kappa shape index (κ1) is 16.4. The van der Waals surface area contributed by atoms with Gasteiger partial charge in [-0.3, -0.25) is 5.32 Å². The van der Waals surface area contributed by atoms with E-state index in [1.807, 2.05) is 5.32 Å². The van der Waals surface area contributed by atoms with Gasteiger partial charge in [0.15, 0.2) is 5.82 Å². The highest BCUT2D eigenvalue weighted by Crippen LogP contribution is 2.29. The summed E-state index contributed by atoms with van der Waals surface area (Å²) in [5.41, 5.74) is -2.21. The summed E-state index contributed by atoms with van der Waals surface area (Å²) >= 11 is 2.59. The number of carbonyl (C=O) groups is 2. The van der Waals surface area contributed by atoms with Crippen molar-refractivity contribution in [1.82, 2.24) is 0 Å². The first-order valence-electron chi connectivity index (χ1n) is 5.43. The van der Waals surface area contributed by atoms with Gasteiger partial charge in [0.05, 0.1) is 10.2 Å². The Labute approximate surface area is 122 Å². The molecule has 8 heteroatoms. The number of hydrogen-bond donors (Lipinski definition) is 2. The van der Waals surface area contributed by atoms with Gasteiger partial charge in [-0.05, 0) is 42.8 Å². The highest BCUT2D eigenvalue weighted by Gasteiger charge is 2.25. The van der Waals surface area contributed by atoms with Gasteiger partial charge in [0.2, 0.25) is 0 Å². The van der Waals surface area contributed by atoms with E-state index in [0.717, 1.165) is 0 Å². The van der Waals surface area contributed by atoms with Crippen LogP contribution in [0.15, 0.2) is 10.5 Å². The molecule has 0 aromatic heterocycles. The summed E-state index contributed by atoms with van der Waals surface area (Å²) in [6.07, 6.45) is -1.01. The molecule has 0 unspecified atom stereocenters. The fourth-order valence-electron chi connectivity index (χ4n) is 1.32. The van der Waals surface area contributed by atoms with Crippen molar-refractivity contribution in [3.63, 3.8) is 0 Å². The molecule has 1 rings (SSSR count). The number of rotatable bonds is 2. The molecule has 0 bridgehead atoms. The maximum atomic E-state index is 13.7. The largest absolute Gasteiger partial charge is 0.478 e. The number of carboxylic acids is 1. The molecule has 0 aliphatic carbocycles. The normalized spacial score (nSPS) is 11.1. The van der Waals surface area contributed by atoms with E-state index in [9.17, 15) is 18.4 Å². The first-order valence-corrected chi connectivity index (χ1v) is 6.23. The van der Waals surface area contributed by atoms with Crippen molar-refractivity contribution < 1.29 is 28.2 Å². The van der Waals surface area contributed by atoms with Crippen LogP contribution in [0, 0.1) is 11.6 Å². The second-order valence-corrected chi connectivity index (χ2v) is 5.63. The molecule has 0 saturated heterocycles. The zero-order valence-electron chi connectivity index (χ0n) is 10.9. The number of halogens is 3. The maximum absolute atomic E-state index is 13.7. The van der Waals surface area contributed by atoms with Crippen LogP contribution in [0.4, 0.5) is 19.3 Å². The smallest absolute Gasteiger partial charge is 0.412 e. The third-order valence-corrected chi connectivity index (χ3v) is 2.74. The van der Waals surface area contributed by atoms with E-state index in [4.69, 9.17) is 9.84 Å². The van der Waals surface area contributed by atoms with E-state index in [1.165, 1.54) is 0 Å². The summed E-state index contributed by atoms with van der Waals surface area (Å²) in [6.45, 7) is 4.77. The summed E-state index contributed by atoms with van der Waals surface area (Å²) < 4.78 is 31.4. The molecule has 0 saturated carbocycles. The summed E-state index contributed by atoms with van der Waals surface area (Å²) in [5, 5.41) is 10.9. The number of carbonyl (C=O) groups excluding carboxylic acids is 1. The number of benzene rings is 1. The summed E-state index contributed by atoms with van der Waals surface area (Å²) in [6, 6.07) is 0.695. The van der Waals surface area contributed by atoms with Crippen molar-refractivity contribution in [2.45, 2.75) is 26.4 Å². The predicted molar refractivity (Wildman–Crippen MR) is 70.9 cm³/mol. The first-order chi connectivity index (χ1) is 9.03. The minimum atomic E-state index is -1.64. The summed E-state index contributed by atoms with van der Waals surface area (Å²) in [5.74, 6) is -4.00. The van der Waals surface area contributed by atoms with Gasteiger partial charge in [-0.2, -0.15) is 0 Å². The Morgan fingerprint density at radius 3 is 2.35 bits per heavy atom. The Bertz CT molecular complexity index is 570. The van der Waals surface area contributed by atoms with Gasteiger partial charge in [0.1, 0.15) is 17.0 Å². The molecule has 1 aromatic rings. The third-order valence-electron chi connectivity index (χ3n) is 2.01. The van der Waals surface area contributed by atoms with E-state index in [0.29, 0.717) is 6.07 Å². The molecule has 2 N–H and O–H groups in total. The quantitative estimate of drug-likeness (QED) is 0.795. The van der Waals surface area contributed by atoms with Gasteiger partial charge < -0.3 is 9.84 Å². The van der Waals surface area contributed by atoms with Crippen molar-refractivity contribution in [3.05, 3.63) is 27.7 Å². The number of aromatic carboxylic acids is 1. The van der Waals surface area contributed by atoms with Gasteiger partial charge in [-0.25, -0.2) is 18.4 Å². The van der Waals surface area contributed by atoms with E-state index in [-0.39, 0.29) is 0 Å². The lowest BCUT2D eigenvalue weighted by atomic mass is 10.1. The van der Waals surface area contributed by atoms with Crippen LogP contribution in [0.25, 0.3) is 0 Å². The number of hydrogen-bond acceptors (Lipinski definition) is 3. The SMILES string of the molecule is CC(C)(C)OC(=O)Nc1cc(F)c(Br)c(F)c1C(=O)O. The molecule has 0 aliphatic rings. The lowest BCUT2D eigenvalue weighted by molar-refractivity contribution is 0.0636. The van der Waals surface area contributed by atoms with Crippen LogP contribution in [0.2, 0.25) is 0 Å². The van der Waals surface area contributed by atoms with Gasteiger partial charge >= 0.3 is 12.1 Å². The monoisotopic (exact) mass is 351 g/mol. The van der Waals surface area contributed by atoms with E-state index >= 15 is 0 Å². The number of nitrogens with one attached hydrogen (secondary N) is 1. The molecule has 1 aromatic carbocycles. The summed E-state index contributed by atoms with van der Waals surface area (Å²) in [7, 11) is 0. The van der Waals surface area contributed by atoms with Crippen LogP contribution < -0.4 is 5.32 Å². The number of carboxylic acid groups (broad SMARTS) is 1. The fraction of sp³-hybridized carbons (Fsp3) is 0.333. The average molecular weight is 352 g/mol. The minimum absolute atomic E-state index is 0.523. The van der Waals surface area contributed by atoms with Crippen molar-refractivity contribution in [2.24, 2.45) is 0 Å². The molecule has 0 radical (unpaired) electrons. The lowest BCUT2D eigenvalue weighted by Gasteiger charge is -2.20. The maximum Gasteiger partial charge on any atom is 0.412 e. The van der Waals surface area contributed by atoms with Gasteiger partial charge in [-0.1, -0.05) is 0 Å². The molecule has 110 valence electrons. The molecule has 1 amide bonds. The van der Waals surface area contributed by atoms with E-state index in [2.05, 4.69) is 15.9 Å². The number of anilines is 1. The molecule has 20 heavy (non-hydrogen) atoms. The number of amides is 1. The molecular weight excluding hydrogens is 340 g/mol. The standard InChI is InChI=1S/C12H12BrF2NO4/c1-12(2,3)20-11(19)16-6-4-5(14)8(13)9(15)7(6)10(17)18/h4H,1-3H3,(H,16,19)(H,17,18). The lowest BCUT2D eigenvalue weighted by Crippen LogP contribution is -2.28. The zero-order valence-corrected chi connectivity index (χ0v) is 12.5. The Morgan fingerprint density at radius 1 is 1.35 bits per heavy atom. The minimum Gasteiger partial charge on any atom is -0.478 e. The van der Waals surface area contributed by atoms with E-state index in [1.54, 1.807) is 20.8 Å². The fourth-order valence-corrected chi connectivity index (χ4v) is 1.63. The average Bonchev–Trinajstić information content (AvgIpc) is 2.22. The van der Waals surface area contributed by atoms with E-state index < -0.39 is 45.0 Å². The van der Waals surface area contributed by atoms with Crippen molar-refractivity contribution in [2.75, 3.05) is 5.32 Å².